The molecule has 1 aliphatic carbocycles. The molecule has 3 heteroatoms. The van der Waals surface area contributed by atoms with E-state index in [0.717, 1.165) is 0 Å². The Morgan fingerprint density at radius 2 is 2.46 bits per heavy atom. The number of hydrogen-bond donors (Lipinski definition) is 1. The second-order valence-electron chi connectivity index (χ2n) is 4.46. The van der Waals surface area contributed by atoms with Gasteiger partial charge >= 0.3 is 0 Å². The first-order valence-electron chi connectivity index (χ1n) is 5.01. The first-order valence-corrected chi connectivity index (χ1v) is 5.01. The van der Waals surface area contributed by atoms with Gasteiger partial charge in [0.1, 0.15) is 0 Å². The lowest BCUT2D eigenvalue weighted by Crippen LogP contribution is -2.59. The normalized spacial score (nSPS) is 29.8. The lowest BCUT2D eigenvalue weighted by molar-refractivity contribution is -0.00907. The second-order valence-corrected chi connectivity index (χ2v) is 4.46. The second kappa shape index (κ2) is 2.35. The zero-order valence-electron chi connectivity index (χ0n) is 7.95. The molecule has 1 N–H and O–H groups in total. The van der Waals surface area contributed by atoms with Crippen LogP contribution in [-0.4, -0.2) is 16.1 Å². The van der Waals surface area contributed by atoms with E-state index < -0.39 is 0 Å². The molecule has 2 fully saturated rings. The van der Waals surface area contributed by atoms with E-state index in [4.69, 9.17) is 0 Å². The standard InChI is InChI=1S/C10H15N3/c1-13-7-11-5-8(13)9-10(6-12-9)3-2-4-10/h5,7,9,12H,2-4,6H2,1H3. The minimum atomic E-state index is 0.578. The largest absolute Gasteiger partial charge is 0.336 e. The van der Waals surface area contributed by atoms with Crippen molar-refractivity contribution < 1.29 is 0 Å². The minimum absolute atomic E-state index is 0.578. The van der Waals surface area contributed by atoms with Gasteiger partial charge in [-0.25, -0.2) is 4.98 Å². The highest BCUT2D eigenvalue weighted by Crippen LogP contribution is 2.54. The maximum atomic E-state index is 4.17. The van der Waals surface area contributed by atoms with Crippen LogP contribution in [0.25, 0.3) is 0 Å². The molecule has 1 saturated carbocycles. The highest BCUT2D eigenvalue weighted by Gasteiger charge is 2.51. The van der Waals surface area contributed by atoms with Gasteiger partial charge in [-0.1, -0.05) is 6.42 Å². The first-order chi connectivity index (χ1) is 6.32. The molecule has 1 atom stereocenters. The van der Waals surface area contributed by atoms with Gasteiger partial charge in [0.2, 0.25) is 0 Å². The van der Waals surface area contributed by atoms with Crippen molar-refractivity contribution in [2.75, 3.05) is 6.54 Å². The third-order valence-electron chi connectivity index (χ3n) is 3.77. The zero-order chi connectivity index (χ0) is 8.89. The van der Waals surface area contributed by atoms with Gasteiger partial charge in [0.25, 0.3) is 0 Å². The van der Waals surface area contributed by atoms with E-state index in [0.29, 0.717) is 11.5 Å². The molecule has 1 unspecified atom stereocenters. The van der Waals surface area contributed by atoms with E-state index in [1.54, 1.807) is 0 Å². The van der Waals surface area contributed by atoms with Crippen LogP contribution in [-0.2, 0) is 7.05 Å². The van der Waals surface area contributed by atoms with E-state index in [1.807, 2.05) is 12.5 Å². The lowest BCUT2D eigenvalue weighted by atomic mass is 9.58. The van der Waals surface area contributed by atoms with Crippen LogP contribution in [0.1, 0.15) is 31.0 Å². The molecule has 0 amide bonds. The van der Waals surface area contributed by atoms with Crippen LogP contribution < -0.4 is 5.32 Å². The number of rotatable bonds is 1. The minimum Gasteiger partial charge on any atom is -0.336 e. The maximum absolute atomic E-state index is 4.17. The van der Waals surface area contributed by atoms with E-state index in [-0.39, 0.29) is 0 Å². The Labute approximate surface area is 78.2 Å². The fourth-order valence-electron chi connectivity index (χ4n) is 2.65. The van der Waals surface area contributed by atoms with E-state index in [2.05, 4.69) is 21.9 Å². The summed E-state index contributed by atoms with van der Waals surface area (Å²) in [6.07, 6.45) is 8.10. The average molecular weight is 177 g/mol. The van der Waals surface area contributed by atoms with Gasteiger partial charge in [-0.05, 0) is 12.8 Å². The van der Waals surface area contributed by atoms with Crippen LogP contribution in [0, 0.1) is 5.41 Å². The van der Waals surface area contributed by atoms with Gasteiger partial charge < -0.3 is 9.88 Å². The van der Waals surface area contributed by atoms with Gasteiger partial charge in [-0.2, -0.15) is 0 Å². The van der Waals surface area contributed by atoms with Crippen molar-refractivity contribution in [3.05, 3.63) is 18.2 Å². The lowest BCUT2D eigenvalue weighted by Gasteiger charge is -2.56. The van der Waals surface area contributed by atoms with Gasteiger partial charge in [0, 0.05) is 25.2 Å². The fraction of sp³-hybridized carbons (Fsp3) is 0.700. The number of imidazole rings is 1. The molecule has 1 saturated heterocycles. The Balaban J connectivity index is 1.90. The first kappa shape index (κ1) is 7.56. The predicted molar refractivity (Wildman–Crippen MR) is 50.2 cm³/mol. The third-order valence-corrected chi connectivity index (χ3v) is 3.77. The molecular weight excluding hydrogens is 162 g/mol. The monoisotopic (exact) mass is 177 g/mol. The molecule has 0 radical (unpaired) electrons. The van der Waals surface area contributed by atoms with E-state index >= 15 is 0 Å². The Hall–Kier alpha value is -0.830. The van der Waals surface area contributed by atoms with Crippen LogP contribution >= 0.6 is 0 Å². The summed E-state index contributed by atoms with van der Waals surface area (Å²) in [5.41, 5.74) is 1.96. The molecule has 13 heavy (non-hydrogen) atoms. The van der Waals surface area contributed by atoms with Crippen molar-refractivity contribution in [1.29, 1.82) is 0 Å². The van der Waals surface area contributed by atoms with Crippen molar-refractivity contribution in [1.82, 2.24) is 14.9 Å². The molecule has 3 nitrogen and oxygen atoms in total. The topological polar surface area (TPSA) is 29.9 Å². The van der Waals surface area contributed by atoms with Crippen LogP contribution in [0.2, 0.25) is 0 Å². The van der Waals surface area contributed by atoms with Crippen LogP contribution in [0.15, 0.2) is 12.5 Å². The van der Waals surface area contributed by atoms with Crippen molar-refractivity contribution in [2.45, 2.75) is 25.3 Å². The molecule has 2 aliphatic rings. The summed E-state index contributed by atoms with van der Waals surface area (Å²) in [5, 5.41) is 3.52. The highest BCUT2D eigenvalue weighted by atomic mass is 15.1. The third kappa shape index (κ3) is 0.854. The van der Waals surface area contributed by atoms with Crippen molar-refractivity contribution >= 4 is 0 Å². The smallest absolute Gasteiger partial charge is 0.0946 e. The molecule has 1 spiro atoms. The number of hydrogen-bond acceptors (Lipinski definition) is 2. The van der Waals surface area contributed by atoms with Gasteiger partial charge in [-0.15, -0.1) is 0 Å². The molecule has 1 aromatic heterocycles. The summed E-state index contributed by atoms with van der Waals surface area (Å²) < 4.78 is 2.14. The van der Waals surface area contributed by atoms with Crippen LogP contribution in [0.4, 0.5) is 0 Å². The van der Waals surface area contributed by atoms with Crippen LogP contribution in [0.3, 0.4) is 0 Å². The van der Waals surface area contributed by atoms with Crippen molar-refractivity contribution in [3.63, 3.8) is 0 Å². The van der Waals surface area contributed by atoms with Gasteiger partial charge in [0.05, 0.1) is 18.1 Å². The molecule has 0 bridgehead atoms. The Kier molecular flexibility index (Phi) is 1.37. The Bertz CT molecular complexity index is 319. The molecule has 0 aromatic carbocycles. The average Bonchev–Trinajstić information content (AvgIpc) is 2.31. The van der Waals surface area contributed by atoms with E-state index in [1.165, 1.54) is 31.5 Å². The van der Waals surface area contributed by atoms with Crippen molar-refractivity contribution in [2.24, 2.45) is 12.5 Å². The number of nitrogens with zero attached hydrogens (tertiary/aromatic N) is 2. The summed E-state index contributed by atoms with van der Waals surface area (Å²) in [6, 6.07) is 0.578. The summed E-state index contributed by atoms with van der Waals surface area (Å²) in [7, 11) is 2.08. The zero-order valence-corrected chi connectivity index (χ0v) is 7.95. The predicted octanol–water partition coefficient (Wildman–Crippen LogP) is 1.23. The number of aryl methyl sites for hydroxylation is 1. The van der Waals surface area contributed by atoms with Crippen LogP contribution in [0.5, 0.6) is 0 Å². The fourth-order valence-corrected chi connectivity index (χ4v) is 2.65. The molecule has 3 rings (SSSR count). The summed E-state index contributed by atoms with van der Waals surface area (Å²) >= 11 is 0. The number of aromatic nitrogens is 2. The van der Waals surface area contributed by atoms with E-state index in [9.17, 15) is 0 Å². The molecule has 1 aliphatic heterocycles. The quantitative estimate of drug-likeness (QED) is 0.699. The summed E-state index contributed by atoms with van der Waals surface area (Å²) in [5.74, 6) is 0. The van der Waals surface area contributed by atoms with Gasteiger partial charge in [-0.3, -0.25) is 0 Å². The molecular formula is C10H15N3. The maximum Gasteiger partial charge on any atom is 0.0946 e. The Morgan fingerprint density at radius 1 is 1.62 bits per heavy atom. The Morgan fingerprint density at radius 3 is 2.85 bits per heavy atom. The van der Waals surface area contributed by atoms with Gasteiger partial charge in [0.15, 0.2) is 0 Å². The molecule has 2 heterocycles. The number of nitrogens with one attached hydrogen (secondary N) is 1. The SMILES string of the molecule is Cn1cncc1C1NCC12CCC2. The summed E-state index contributed by atoms with van der Waals surface area (Å²) in [4.78, 5) is 4.17. The van der Waals surface area contributed by atoms with Crippen molar-refractivity contribution in [3.8, 4) is 0 Å². The highest BCUT2D eigenvalue weighted by molar-refractivity contribution is 5.18. The molecule has 70 valence electrons. The summed E-state index contributed by atoms with van der Waals surface area (Å²) in [6.45, 7) is 1.21. The molecule has 1 aromatic rings.